The number of amides is 3. The van der Waals surface area contributed by atoms with E-state index in [9.17, 15) is 24.0 Å². The fourth-order valence-electron chi connectivity index (χ4n) is 5.78. The zero-order chi connectivity index (χ0) is 42.1. The highest BCUT2D eigenvalue weighted by Crippen LogP contribution is 2.25. The maximum atomic E-state index is 13.3. The molecule has 3 amide bonds. The van der Waals surface area contributed by atoms with E-state index in [0.29, 0.717) is 87.3 Å². The number of aldehydes is 1. The molecule has 0 bridgehead atoms. The first-order valence-corrected chi connectivity index (χ1v) is 19.4. The fourth-order valence-corrected chi connectivity index (χ4v) is 5.78. The number of aromatic nitrogens is 1. The third-order valence-electron chi connectivity index (χ3n) is 8.97. The van der Waals surface area contributed by atoms with Gasteiger partial charge in [-0.15, -0.1) is 0 Å². The number of hydrogen-bond donors (Lipinski definition) is 1. The molecule has 2 heterocycles. The maximum absolute atomic E-state index is 13.3. The maximum Gasteiger partial charge on any atom is 0.305 e. The number of pyridine rings is 1. The van der Waals surface area contributed by atoms with Gasteiger partial charge in [-0.25, -0.2) is 4.98 Å². The summed E-state index contributed by atoms with van der Waals surface area (Å²) in [5.74, 6) is 1.31. The topological polar surface area (TPSA) is 175 Å². The monoisotopic (exact) mass is 807 g/mol. The van der Waals surface area contributed by atoms with Crippen molar-refractivity contribution in [2.45, 2.75) is 46.1 Å². The first-order chi connectivity index (χ1) is 28.2. The molecule has 1 fully saturated rings. The Bertz CT molecular complexity index is 1700. The number of likely N-dealkylation sites (N-methyl/N-ethyl adjacent to an activating group) is 1. The molecule has 0 aliphatic carbocycles. The number of aryl methyl sites for hydroxylation is 1. The van der Waals surface area contributed by atoms with E-state index in [4.69, 9.17) is 23.7 Å². The summed E-state index contributed by atoms with van der Waals surface area (Å²) in [4.78, 5) is 68.3. The van der Waals surface area contributed by atoms with Crippen LogP contribution in [-0.2, 0) is 33.4 Å². The van der Waals surface area contributed by atoms with E-state index < -0.39 is 17.9 Å². The molecule has 1 aliphatic heterocycles. The first-order valence-electron chi connectivity index (χ1n) is 19.4. The summed E-state index contributed by atoms with van der Waals surface area (Å²) in [6.45, 7) is 12.4. The molecule has 1 aromatic heterocycles. The van der Waals surface area contributed by atoms with E-state index in [0.717, 1.165) is 49.1 Å². The number of ether oxygens (including phenoxy) is 6. The molecular formula is C42H57N5O11. The van der Waals surface area contributed by atoms with Crippen molar-refractivity contribution in [3.8, 4) is 23.1 Å². The zero-order valence-electron chi connectivity index (χ0n) is 34.2. The Kier molecular flexibility index (Phi) is 21.3. The lowest BCUT2D eigenvalue weighted by Crippen LogP contribution is -2.48. The summed E-state index contributed by atoms with van der Waals surface area (Å²) in [5, 5.41) is 2.46. The Balaban J connectivity index is 0.00000117. The van der Waals surface area contributed by atoms with Gasteiger partial charge in [-0.3, -0.25) is 29.0 Å². The molecule has 1 saturated heterocycles. The number of esters is 1. The molecule has 1 N–H and O–H groups in total. The number of benzene rings is 2. The Morgan fingerprint density at radius 3 is 2.12 bits per heavy atom. The first kappa shape index (κ1) is 46.8. The van der Waals surface area contributed by atoms with Crippen LogP contribution in [0, 0.1) is 6.92 Å². The molecule has 58 heavy (non-hydrogen) atoms. The summed E-state index contributed by atoms with van der Waals surface area (Å²) in [6.07, 6.45) is 3.22. The van der Waals surface area contributed by atoms with Crippen molar-refractivity contribution in [3.63, 3.8) is 0 Å². The standard InChI is InChI=1S/C37H47N5O9.C5H10O2/c1-28-25-29(6-12-33(28)37(46)42(27-44)34(5-4-19-43)36(45)38-2)41-16-14-40(15-17-41)18-20-48-21-22-49-23-24-50-32-11-13-35(39-26-32)51-31-9-7-30(47-3)8-10-31;1-3-5(6)7-4-2/h6-13,19,25-27,34H,4-5,14-18,20-24H2,1-3H3,(H,38,45);3-4H2,1-2H3. The Morgan fingerprint density at radius 2 is 1.55 bits per heavy atom. The number of nitrogens with one attached hydrogen (secondary N) is 1. The van der Waals surface area contributed by atoms with Crippen LogP contribution in [0.3, 0.4) is 0 Å². The van der Waals surface area contributed by atoms with Crippen LogP contribution in [0.1, 0.15) is 49.0 Å². The predicted octanol–water partition coefficient (Wildman–Crippen LogP) is 4.08. The van der Waals surface area contributed by atoms with E-state index in [1.165, 1.54) is 7.05 Å². The second-order valence-corrected chi connectivity index (χ2v) is 12.9. The molecular weight excluding hydrogens is 750 g/mol. The van der Waals surface area contributed by atoms with Crippen molar-refractivity contribution in [1.29, 1.82) is 0 Å². The Morgan fingerprint density at radius 1 is 0.879 bits per heavy atom. The van der Waals surface area contributed by atoms with Crippen LogP contribution < -0.4 is 24.4 Å². The molecule has 0 saturated carbocycles. The van der Waals surface area contributed by atoms with Gasteiger partial charge in [-0.2, -0.15) is 0 Å². The molecule has 316 valence electrons. The zero-order valence-corrected chi connectivity index (χ0v) is 34.2. The van der Waals surface area contributed by atoms with Crippen LogP contribution in [0.2, 0.25) is 0 Å². The van der Waals surface area contributed by atoms with E-state index in [1.54, 1.807) is 45.4 Å². The molecule has 1 atom stereocenters. The van der Waals surface area contributed by atoms with Gasteiger partial charge >= 0.3 is 5.97 Å². The van der Waals surface area contributed by atoms with Crippen molar-refractivity contribution in [2.24, 2.45) is 0 Å². The average molecular weight is 808 g/mol. The minimum atomic E-state index is -1.06. The van der Waals surface area contributed by atoms with Crippen LogP contribution in [0.25, 0.3) is 0 Å². The number of anilines is 1. The molecule has 2 aromatic carbocycles. The van der Waals surface area contributed by atoms with Crippen LogP contribution in [0.5, 0.6) is 23.1 Å². The second kappa shape index (κ2) is 26.4. The van der Waals surface area contributed by atoms with Gasteiger partial charge in [0.25, 0.3) is 5.91 Å². The smallest absolute Gasteiger partial charge is 0.305 e. The molecule has 0 spiro atoms. The van der Waals surface area contributed by atoms with Gasteiger partial charge in [-0.1, -0.05) is 6.92 Å². The third kappa shape index (κ3) is 15.8. The van der Waals surface area contributed by atoms with Crippen molar-refractivity contribution >= 4 is 36.2 Å². The molecule has 3 aromatic rings. The Hall–Kier alpha value is -5.58. The van der Waals surface area contributed by atoms with E-state index in [-0.39, 0.29) is 18.8 Å². The number of carbonyl (C=O) groups excluding carboxylic acids is 5. The van der Waals surface area contributed by atoms with Crippen molar-refractivity contribution in [1.82, 2.24) is 20.1 Å². The number of rotatable bonds is 23. The molecule has 16 nitrogen and oxygen atoms in total. The lowest BCUT2D eigenvalue weighted by Gasteiger charge is -2.36. The number of imide groups is 1. The molecule has 16 heteroatoms. The average Bonchev–Trinajstić information content (AvgIpc) is 3.25. The van der Waals surface area contributed by atoms with Gasteiger partial charge < -0.3 is 43.4 Å². The summed E-state index contributed by atoms with van der Waals surface area (Å²) in [7, 11) is 3.04. The van der Waals surface area contributed by atoms with Crippen LogP contribution in [-0.4, -0.2) is 138 Å². The van der Waals surface area contributed by atoms with E-state index in [1.807, 2.05) is 43.3 Å². The summed E-state index contributed by atoms with van der Waals surface area (Å²) < 4.78 is 32.5. The predicted molar refractivity (Wildman–Crippen MR) is 217 cm³/mol. The summed E-state index contributed by atoms with van der Waals surface area (Å²) in [5.41, 5.74) is 2.01. The number of methoxy groups -OCH3 is 1. The van der Waals surface area contributed by atoms with Crippen LogP contribution in [0.15, 0.2) is 60.8 Å². The lowest BCUT2D eigenvalue weighted by molar-refractivity contribution is -0.142. The van der Waals surface area contributed by atoms with Gasteiger partial charge in [0.05, 0.1) is 46.3 Å². The second-order valence-electron chi connectivity index (χ2n) is 12.9. The third-order valence-corrected chi connectivity index (χ3v) is 8.97. The van der Waals surface area contributed by atoms with Gasteiger partial charge in [0.2, 0.25) is 18.2 Å². The van der Waals surface area contributed by atoms with Crippen molar-refractivity contribution in [3.05, 3.63) is 71.9 Å². The fraction of sp³-hybridized carbons (Fsp3) is 0.476. The van der Waals surface area contributed by atoms with Crippen LogP contribution in [0.4, 0.5) is 5.69 Å². The largest absolute Gasteiger partial charge is 0.497 e. The molecule has 4 rings (SSSR count). The Labute approximate surface area is 340 Å². The quantitative estimate of drug-likeness (QED) is 0.0825. The van der Waals surface area contributed by atoms with Crippen LogP contribution >= 0.6 is 0 Å². The van der Waals surface area contributed by atoms with E-state index in [2.05, 4.69) is 24.8 Å². The molecule has 0 radical (unpaired) electrons. The highest BCUT2D eigenvalue weighted by molar-refractivity contribution is 6.04. The molecule has 1 unspecified atom stereocenters. The summed E-state index contributed by atoms with van der Waals surface area (Å²) in [6, 6.07) is 15.2. The summed E-state index contributed by atoms with van der Waals surface area (Å²) >= 11 is 0. The minimum absolute atomic E-state index is 0.0521. The van der Waals surface area contributed by atoms with Crippen molar-refractivity contribution < 1.29 is 52.4 Å². The highest BCUT2D eigenvalue weighted by Gasteiger charge is 2.30. The normalized spacial score (nSPS) is 12.9. The van der Waals surface area contributed by atoms with Crippen molar-refractivity contribution in [2.75, 3.05) is 91.4 Å². The van der Waals surface area contributed by atoms with E-state index >= 15 is 0 Å². The van der Waals surface area contributed by atoms with Gasteiger partial charge in [0, 0.05) is 69.9 Å². The number of carbonyl (C=O) groups is 5. The lowest BCUT2D eigenvalue weighted by atomic mass is 10.0. The minimum Gasteiger partial charge on any atom is -0.497 e. The van der Waals surface area contributed by atoms with Gasteiger partial charge in [-0.05, 0) is 74.4 Å². The van der Waals surface area contributed by atoms with Gasteiger partial charge in [0.15, 0.2) is 0 Å². The number of nitrogens with zero attached hydrogens (tertiary/aromatic N) is 4. The number of piperazine rings is 1. The SMILES string of the molecule is CCOC(=O)CC.CNC(=O)C(CCC=O)N(C=O)C(=O)c1ccc(N2CCN(CCOCCOCCOc3ccc(Oc4ccc(OC)cc4)nc3)CC2)cc1C. The van der Waals surface area contributed by atoms with Gasteiger partial charge in [0.1, 0.15) is 36.2 Å². The highest BCUT2D eigenvalue weighted by atomic mass is 16.5. The number of hydrogen-bond acceptors (Lipinski definition) is 14. The molecule has 1 aliphatic rings.